The number of amides is 2. The summed E-state index contributed by atoms with van der Waals surface area (Å²) >= 11 is 5.95. The van der Waals surface area contributed by atoms with Crippen LogP contribution in [0.15, 0.2) is 48.5 Å². The van der Waals surface area contributed by atoms with E-state index in [4.69, 9.17) is 16.3 Å². The zero-order chi connectivity index (χ0) is 15.2. The lowest BCUT2D eigenvalue weighted by atomic mass is 10.3. The highest BCUT2D eigenvalue weighted by Crippen LogP contribution is 2.20. The van der Waals surface area contributed by atoms with Crippen LogP contribution in [0.2, 0.25) is 5.02 Å². The molecule has 21 heavy (non-hydrogen) atoms. The molecular weight excluding hydrogens is 292 g/mol. The van der Waals surface area contributed by atoms with Crippen LogP contribution in [-0.2, 0) is 0 Å². The fourth-order valence-corrected chi connectivity index (χ4v) is 1.85. The van der Waals surface area contributed by atoms with Crippen LogP contribution < -0.4 is 15.4 Å². The van der Waals surface area contributed by atoms with Crippen molar-refractivity contribution in [3.63, 3.8) is 0 Å². The number of nitrogens with one attached hydrogen (secondary N) is 2. The molecule has 2 aromatic carbocycles. The molecule has 0 saturated carbocycles. The molecule has 0 aliphatic heterocycles. The highest BCUT2D eigenvalue weighted by atomic mass is 35.5. The highest BCUT2D eigenvalue weighted by Gasteiger charge is 2.10. The molecule has 5 nitrogen and oxygen atoms in total. The van der Waals surface area contributed by atoms with Gasteiger partial charge in [0.25, 0.3) is 0 Å². The molecule has 2 aromatic rings. The third-order valence-corrected chi connectivity index (χ3v) is 2.94. The predicted molar refractivity (Wildman–Crippen MR) is 81.8 cm³/mol. The van der Waals surface area contributed by atoms with Gasteiger partial charge in [-0.2, -0.15) is 0 Å². The summed E-state index contributed by atoms with van der Waals surface area (Å²) in [5.41, 5.74) is 0.522. The Bertz CT molecular complexity index is 617. The van der Waals surface area contributed by atoms with E-state index in [-0.39, 0.29) is 5.75 Å². The van der Waals surface area contributed by atoms with Crippen LogP contribution in [0, 0.1) is 0 Å². The average molecular weight is 307 g/mol. The summed E-state index contributed by atoms with van der Waals surface area (Å²) in [6.07, 6.45) is -0.544. The van der Waals surface area contributed by atoms with Gasteiger partial charge < -0.3 is 20.5 Å². The van der Waals surface area contributed by atoms with Crippen LogP contribution in [0.5, 0.6) is 11.5 Å². The minimum atomic E-state index is -0.544. The van der Waals surface area contributed by atoms with E-state index in [0.717, 1.165) is 0 Å². The molecule has 2 amide bonds. The van der Waals surface area contributed by atoms with Gasteiger partial charge in [0.2, 0.25) is 0 Å². The van der Waals surface area contributed by atoms with Crippen molar-refractivity contribution >= 4 is 23.3 Å². The number of ether oxygens (including phenoxy) is 1. The van der Waals surface area contributed by atoms with Crippen molar-refractivity contribution in [1.29, 1.82) is 0 Å². The van der Waals surface area contributed by atoms with E-state index in [9.17, 15) is 9.90 Å². The lowest BCUT2D eigenvalue weighted by Gasteiger charge is -2.17. The number of para-hydroxylation sites is 1. The maximum Gasteiger partial charge on any atom is 0.322 e. The maximum absolute atomic E-state index is 11.8. The molecule has 0 aliphatic rings. The third-order valence-electron chi connectivity index (χ3n) is 2.61. The maximum atomic E-state index is 11.8. The number of aromatic hydroxyl groups is 1. The second-order valence-corrected chi connectivity index (χ2v) is 4.74. The number of anilines is 1. The Morgan fingerprint density at radius 1 is 1.19 bits per heavy atom. The number of hydrogen-bond acceptors (Lipinski definition) is 3. The topological polar surface area (TPSA) is 70.6 Å². The highest BCUT2D eigenvalue weighted by molar-refractivity contribution is 6.33. The van der Waals surface area contributed by atoms with Gasteiger partial charge in [0, 0.05) is 0 Å². The molecule has 2 rings (SSSR count). The lowest BCUT2D eigenvalue weighted by molar-refractivity contribution is 0.183. The molecule has 110 valence electrons. The van der Waals surface area contributed by atoms with Crippen LogP contribution in [0.1, 0.15) is 6.92 Å². The quantitative estimate of drug-likeness (QED) is 0.756. The van der Waals surface area contributed by atoms with Crippen molar-refractivity contribution in [1.82, 2.24) is 5.32 Å². The van der Waals surface area contributed by atoms with Gasteiger partial charge >= 0.3 is 6.03 Å². The summed E-state index contributed by atoms with van der Waals surface area (Å²) in [6, 6.07) is 12.8. The van der Waals surface area contributed by atoms with E-state index in [0.29, 0.717) is 16.5 Å². The molecular formula is C15H15ClN2O3. The van der Waals surface area contributed by atoms with Crippen molar-refractivity contribution < 1.29 is 14.6 Å². The molecule has 6 heteroatoms. The van der Waals surface area contributed by atoms with Crippen LogP contribution >= 0.6 is 11.6 Å². The number of benzene rings is 2. The number of carbonyl (C=O) groups excluding carboxylic acids is 1. The summed E-state index contributed by atoms with van der Waals surface area (Å²) in [7, 11) is 0. The number of phenols is 1. The Kier molecular flexibility index (Phi) is 4.90. The molecule has 3 N–H and O–H groups in total. The Morgan fingerprint density at radius 3 is 2.52 bits per heavy atom. The van der Waals surface area contributed by atoms with Gasteiger partial charge in [-0.1, -0.05) is 23.7 Å². The number of hydrogen-bond donors (Lipinski definition) is 3. The van der Waals surface area contributed by atoms with Crippen LogP contribution in [0.25, 0.3) is 0 Å². The van der Waals surface area contributed by atoms with Crippen LogP contribution in [-0.4, -0.2) is 17.4 Å². The van der Waals surface area contributed by atoms with Gasteiger partial charge in [0.15, 0.2) is 6.23 Å². The first kappa shape index (κ1) is 15.0. The first-order chi connectivity index (χ1) is 10.0. The second kappa shape index (κ2) is 6.85. The fourth-order valence-electron chi connectivity index (χ4n) is 1.66. The largest absolute Gasteiger partial charge is 0.508 e. The predicted octanol–water partition coefficient (Wildman–Crippen LogP) is 3.59. The summed E-state index contributed by atoms with van der Waals surface area (Å²) in [6.45, 7) is 1.69. The monoisotopic (exact) mass is 306 g/mol. The SMILES string of the molecule is CC(NC(=O)Nc1ccccc1Cl)Oc1ccc(O)cc1. The normalized spacial score (nSPS) is 11.5. The minimum Gasteiger partial charge on any atom is -0.508 e. The minimum absolute atomic E-state index is 0.152. The fraction of sp³-hybridized carbons (Fsp3) is 0.133. The molecule has 1 atom stereocenters. The Balaban J connectivity index is 1.87. The smallest absolute Gasteiger partial charge is 0.322 e. The summed E-state index contributed by atoms with van der Waals surface area (Å²) in [5.74, 6) is 0.692. The molecule has 0 fully saturated rings. The molecule has 1 unspecified atom stereocenters. The molecule has 0 spiro atoms. The van der Waals surface area contributed by atoms with Gasteiger partial charge in [-0.15, -0.1) is 0 Å². The Labute approximate surface area is 127 Å². The number of halogens is 1. The van der Waals surface area contributed by atoms with E-state index < -0.39 is 12.3 Å². The zero-order valence-corrected chi connectivity index (χ0v) is 12.1. The van der Waals surface area contributed by atoms with Gasteiger partial charge in [-0.3, -0.25) is 0 Å². The van der Waals surface area contributed by atoms with Gasteiger partial charge in [-0.25, -0.2) is 4.79 Å². The molecule has 0 radical (unpaired) electrons. The van der Waals surface area contributed by atoms with Crippen molar-refractivity contribution in [2.24, 2.45) is 0 Å². The average Bonchev–Trinajstić information content (AvgIpc) is 2.44. The first-order valence-corrected chi connectivity index (χ1v) is 6.70. The second-order valence-electron chi connectivity index (χ2n) is 4.33. The molecule has 0 saturated heterocycles. The van der Waals surface area contributed by atoms with Crippen molar-refractivity contribution in [2.45, 2.75) is 13.2 Å². The van der Waals surface area contributed by atoms with Crippen LogP contribution in [0.4, 0.5) is 10.5 Å². The summed E-state index contributed by atoms with van der Waals surface area (Å²) in [5, 5.41) is 14.9. The van der Waals surface area contributed by atoms with Gasteiger partial charge in [0.05, 0.1) is 10.7 Å². The van der Waals surface area contributed by atoms with Crippen molar-refractivity contribution in [3.05, 3.63) is 53.6 Å². The third kappa shape index (κ3) is 4.57. The lowest BCUT2D eigenvalue weighted by Crippen LogP contribution is -2.39. The number of rotatable bonds is 4. The van der Waals surface area contributed by atoms with Gasteiger partial charge in [-0.05, 0) is 43.3 Å². The number of carbonyl (C=O) groups is 1. The van der Waals surface area contributed by atoms with E-state index in [1.807, 2.05) is 0 Å². The van der Waals surface area contributed by atoms with Crippen molar-refractivity contribution in [3.8, 4) is 11.5 Å². The van der Waals surface area contributed by atoms with E-state index >= 15 is 0 Å². The zero-order valence-electron chi connectivity index (χ0n) is 11.3. The van der Waals surface area contributed by atoms with E-state index in [2.05, 4.69) is 10.6 Å². The molecule has 0 heterocycles. The summed E-state index contributed by atoms with van der Waals surface area (Å²) in [4.78, 5) is 11.8. The number of urea groups is 1. The van der Waals surface area contributed by atoms with E-state index in [1.165, 1.54) is 12.1 Å². The molecule has 0 aromatic heterocycles. The molecule has 0 aliphatic carbocycles. The number of phenolic OH excluding ortho intramolecular Hbond substituents is 1. The van der Waals surface area contributed by atoms with Crippen LogP contribution in [0.3, 0.4) is 0 Å². The summed E-state index contributed by atoms with van der Waals surface area (Å²) < 4.78 is 5.49. The molecule has 0 bridgehead atoms. The first-order valence-electron chi connectivity index (χ1n) is 6.32. The van der Waals surface area contributed by atoms with E-state index in [1.54, 1.807) is 43.3 Å². The van der Waals surface area contributed by atoms with Crippen molar-refractivity contribution in [2.75, 3.05) is 5.32 Å². The Hall–Kier alpha value is -2.40. The standard InChI is InChI=1S/C15H15ClN2O3/c1-10(21-12-8-6-11(19)7-9-12)17-15(20)18-14-5-3-2-4-13(14)16/h2-10,19H,1H3,(H2,17,18,20). The Morgan fingerprint density at radius 2 is 1.86 bits per heavy atom. The van der Waals surface area contributed by atoms with Gasteiger partial charge in [0.1, 0.15) is 11.5 Å².